The zero-order chi connectivity index (χ0) is 18.1. The summed E-state index contributed by atoms with van der Waals surface area (Å²) in [7, 11) is -3.72. The summed E-state index contributed by atoms with van der Waals surface area (Å²) in [6.07, 6.45) is 0. The van der Waals surface area contributed by atoms with Crippen molar-refractivity contribution in [2.24, 2.45) is 0 Å². The van der Waals surface area contributed by atoms with Crippen molar-refractivity contribution in [1.29, 1.82) is 0 Å². The van der Waals surface area contributed by atoms with E-state index in [1.807, 2.05) is 24.3 Å². The van der Waals surface area contributed by atoms with Gasteiger partial charge in [0, 0.05) is 39.3 Å². The number of nitrogens with one attached hydrogen (secondary N) is 1. The van der Waals surface area contributed by atoms with Crippen molar-refractivity contribution in [1.82, 2.24) is 10.2 Å². The maximum absolute atomic E-state index is 13.3. The van der Waals surface area contributed by atoms with Crippen LogP contribution in [0.5, 0.6) is 0 Å². The van der Waals surface area contributed by atoms with Crippen molar-refractivity contribution in [3.05, 3.63) is 53.6 Å². The third kappa shape index (κ3) is 3.05. The number of hydrogen-bond donors (Lipinski definition) is 1. The third-order valence-electron chi connectivity index (χ3n) is 4.78. The van der Waals surface area contributed by atoms with Crippen LogP contribution in [-0.2, 0) is 10.2 Å². The van der Waals surface area contributed by atoms with E-state index in [1.165, 1.54) is 8.61 Å². The molecule has 0 bridgehead atoms. The van der Waals surface area contributed by atoms with E-state index in [0.717, 1.165) is 26.2 Å². The zero-order valence-corrected chi connectivity index (χ0v) is 15.9. The van der Waals surface area contributed by atoms with E-state index < -0.39 is 10.2 Å². The molecule has 2 heterocycles. The number of fused-ring (bicyclic) bond motifs is 1. The Hall–Kier alpha value is -1.80. The largest absolute Gasteiger partial charge is 0.331 e. The Bertz CT molecular complexity index is 900. The second-order valence-electron chi connectivity index (χ2n) is 6.38. The van der Waals surface area contributed by atoms with Gasteiger partial charge in [-0.1, -0.05) is 35.9 Å². The van der Waals surface area contributed by atoms with Crippen molar-refractivity contribution in [2.45, 2.75) is 0 Å². The molecule has 0 saturated carbocycles. The Labute approximate surface area is 159 Å². The molecule has 2 aromatic carbocycles. The van der Waals surface area contributed by atoms with Gasteiger partial charge >= 0.3 is 10.2 Å². The molecule has 6 nitrogen and oxygen atoms in total. The number of para-hydroxylation sites is 3. The monoisotopic (exact) mass is 392 g/mol. The van der Waals surface area contributed by atoms with E-state index in [1.54, 1.807) is 24.3 Å². The van der Waals surface area contributed by atoms with Crippen molar-refractivity contribution < 1.29 is 8.42 Å². The molecule has 1 saturated heterocycles. The van der Waals surface area contributed by atoms with Gasteiger partial charge in [0.1, 0.15) is 0 Å². The fraction of sp³-hybridized carbons (Fsp3) is 0.333. The Balaban J connectivity index is 1.68. The summed E-state index contributed by atoms with van der Waals surface area (Å²) in [5, 5.41) is 3.72. The van der Waals surface area contributed by atoms with Gasteiger partial charge in [-0.3, -0.25) is 4.90 Å². The Morgan fingerprint density at radius 2 is 1.50 bits per heavy atom. The lowest BCUT2D eigenvalue weighted by Crippen LogP contribution is -2.47. The molecule has 0 amide bonds. The molecule has 4 rings (SSSR count). The van der Waals surface area contributed by atoms with E-state index in [9.17, 15) is 8.42 Å². The van der Waals surface area contributed by atoms with Crippen LogP contribution in [0.4, 0.5) is 17.1 Å². The molecular formula is C18H21ClN4O2S. The molecule has 138 valence electrons. The van der Waals surface area contributed by atoms with Crippen LogP contribution in [0.1, 0.15) is 0 Å². The second-order valence-corrected chi connectivity index (χ2v) is 8.48. The number of halogens is 1. The first-order valence-corrected chi connectivity index (χ1v) is 10.5. The molecule has 26 heavy (non-hydrogen) atoms. The van der Waals surface area contributed by atoms with Crippen LogP contribution in [0, 0.1) is 0 Å². The summed E-state index contributed by atoms with van der Waals surface area (Å²) < 4.78 is 29.5. The molecule has 0 unspecified atom stereocenters. The van der Waals surface area contributed by atoms with Gasteiger partial charge in [-0.05, 0) is 24.3 Å². The highest BCUT2D eigenvalue weighted by molar-refractivity contribution is 7.95. The lowest BCUT2D eigenvalue weighted by Gasteiger charge is -2.29. The minimum atomic E-state index is -3.72. The lowest BCUT2D eigenvalue weighted by atomic mass is 10.2. The van der Waals surface area contributed by atoms with Crippen LogP contribution in [0.25, 0.3) is 0 Å². The van der Waals surface area contributed by atoms with Crippen molar-refractivity contribution in [3.8, 4) is 0 Å². The normalized spacial score (nSPS) is 19.6. The van der Waals surface area contributed by atoms with Gasteiger partial charge in [0.15, 0.2) is 0 Å². The smallest absolute Gasteiger partial charge is 0.314 e. The zero-order valence-electron chi connectivity index (χ0n) is 14.3. The predicted molar refractivity (Wildman–Crippen MR) is 106 cm³/mol. The van der Waals surface area contributed by atoms with Crippen LogP contribution in [0.15, 0.2) is 48.5 Å². The second kappa shape index (κ2) is 7.08. The van der Waals surface area contributed by atoms with E-state index in [2.05, 4.69) is 10.2 Å². The van der Waals surface area contributed by atoms with Crippen molar-refractivity contribution >= 4 is 38.9 Å². The predicted octanol–water partition coefficient (Wildman–Crippen LogP) is 2.45. The topological polar surface area (TPSA) is 55.9 Å². The highest BCUT2D eigenvalue weighted by atomic mass is 35.5. The summed E-state index contributed by atoms with van der Waals surface area (Å²) in [6.45, 7) is 4.86. The third-order valence-corrected chi connectivity index (χ3v) is 6.89. The summed E-state index contributed by atoms with van der Waals surface area (Å²) in [4.78, 5) is 2.28. The number of nitrogens with zero attached hydrogens (tertiary/aromatic N) is 3. The Kier molecular flexibility index (Phi) is 4.79. The van der Waals surface area contributed by atoms with Gasteiger partial charge in [-0.15, -0.1) is 0 Å². The standard InChI is InChI=1S/C18H21ClN4O2S/c19-15-5-1-2-6-16(15)23-18-8-4-3-7-17(18)22(26(23,24)25)14-13-21-11-9-20-10-12-21/h1-8,20H,9-14H2. The lowest BCUT2D eigenvalue weighted by molar-refractivity contribution is 0.248. The maximum Gasteiger partial charge on any atom is 0.331 e. The van der Waals surface area contributed by atoms with Crippen LogP contribution in [0.3, 0.4) is 0 Å². The molecule has 1 N–H and O–H groups in total. The SMILES string of the molecule is O=S1(=O)N(CCN2CCNCC2)c2ccccc2N1c1ccccc1Cl. The van der Waals surface area contributed by atoms with E-state index in [-0.39, 0.29) is 0 Å². The summed E-state index contributed by atoms with van der Waals surface area (Å²) in [5.41, 5.74) is 1.81. The van der Waals surface area contributed by atoms with Crippen molar-refractivity contribution in [3.63, 3.8) is 0 Å². The number of anilines is 3. The highest BCUT2D eigenvalue weighted by Gasteiger charge is 2.41. The Morgan fingerprint density at radius 3 is 2.19 bits per heavy atom. The van der Waals surface area contributed by atoms with Gasteiger partial charge in [0.05, 0.1) is 22.1 Å². The molecule has 0 aliphatic carbocycles. The summed E-state index contributed by atoms with van der Waals surface area (Å²) >= 11 is 6.30. The summed E-state index contributed by atoms with van der Waals surface area (Å²) in [6, 6.07) is 14.4. The maximum atomic E-state index is 13.3. The quantitative estimate of drug-likeness (QED) is 0.868. The molecule has 1 fully saturated rings. The molecule has 2 aliphatic rings. The van der Waals surface area contributed by atoms with E-state index in [0.29, 0.717) is 35.2 Å². The van der Waals surface area contributed by atoms with E-state index >= 15 is 0 Å². The van der Waals surface area contributed by atoms with Gasteiger partial charge in [-0.25, -0.2) is 8.61 Å². The molecule has 0 aromatic heterocycles. The highest BCUT2D eigenvalue weighted by Crippen LogP contribution is 2.46. The number of rotatable bonds is 4. The fourth-order valence-electron chi connectivity index (χ4n) is 3.47. The molecule has 0 radical (unpaired) electrons. The van der Waals surface area contributed by atoms with Gasteiger partial charge in [0.25, 0.3) is 0 Å². The van der Waals surface area contributed by atoms with Gasteiger partial charge in [0.2, 0.25) is 0 Å². The molecule has 0 spiro atoms. The molecule has 2 aromatic rings. The van der Waals surface area contributed by atoms with Gasteiger partial charge < -0.3 is 5.32 Å². The fourth-order valence-corrected chi connectivity index (χ4v) is 5.46. The van der Waals surface area contributed by atoms with Crippen molar-refractivity contribution in [2.75, 3.05) is 47.9 Å². The van der Waals surface area contributed by atoms with Crippen LogP contribution in [0.2, 0.25) is 5.02 Å². The van der Waals surface area contributed by atoms with E-state index in [4.69, 9.17) is 11.6 Å². The van der Waals surface area contributed by atoms with Crippen LogP contribution < -0.4 is 13.9 Å². The first kappa shape index (κ1) is 17.6. The molecule has 2 aliphatic heterocycles. The minimum Gasteiger partial charge on any atom is -0.314 e. The minimum absolute atomic E-state index is 0.412. The molecular weight excluding hydrogens is 372 g/mol. The average molecular weight is 393 g/mol. The van der Waals surface area contributed by atoms with Gasteiger partial charge in [-0.2, -0.15) is 8.42 Å². The van der Waals surface area contributed by atoms with Crippen LogP contribution in [-0.4, -0.2) is 52.6 Å². The average Bonchev–Trinajstić information content (AvgIpc) is 2.87. The molecule has 0 atom stereocenters. The number of benzene rings is 2. The molecule has 8 heteroatoms. The Morgan fingerprint density at radius 1 is 0.885 bits per heavy atom. The van der Waals surface area contributed by atoms with Crippen LogP contribution >= 0.6 is 11.6 Å². The number of piperazine rings is 1. The first-order chi connectivity index (χ1) is 12.6. The number of hydrogen-bond acceptors (Lipinski definition) is 4. The first-order valence-electron chi connectivity index (χ1n) is 8.69. The summed E-state index contributed by atoms with van der Waals surface area (Å²) in [5.74, 6) is 0.